The van der Waals surface area contributed by atoms with Crippen LogP contribution in [-0.2, 0) is 45.7 Å². The molecule has 0 aromatic heterocycles. The molecule has 142 valence electrons. The largest absolute Gasteiger partial charge is 0.475 e. The second-order valence-corrected chi connectivity index (χ2v) is 8.64. The lowest BCUT2D eigenvalue weighted by Gasteiger charge is -2.18. The van der Waals surface area contributed by atoms with Crippen LogP contribution >= 0.6 is 7.82 Å². The molecule has 0 fully saturated rings. The Morgan fingerprint density at radius 1 is 0.769 bits per heavy atom. The molecule has 0 aliphatic heterocycles. The molecule has 0 amide bonds. The summed E-state index contributed by atoms with van der Waals surface area (Å²) in [5.41, 5.74) is 1.60. The average molecular weight is 400 g/mol. The summed E-state index contributed by atoms with van der Waals surface area (Å²) in [4.78, 5) is 0. The van der Waals surface area contributed by atoms with E-state index < -0.39 is 17.9 Å². The molecular formula is C17H21O7PS. The highest BCUT2D eigenvalue weighted by atomic mass is 32.2. The van der Waals surface area contributed by atoms with Crippen LogP contribution in [0.3, 0.4) is 0 Å². The van der Waals surface area contributed by atoms with E-state index in [0.29, 0.717) is 0 Å². The molecule has 0 atom stereocenters. The Morgan fingerprint density at radius 3 is 1.65 bits per heavy atom. The highest BCUT2D eigenvalue weighted by Crippen LogP contribution is 2.50. The van der Waals surface area contributed by atoms with E-state index in [0.717, 1.165) is 17.4 Å². The first-order valence-electron chi connectivity index (χ1n) is 7.82. The summed E-state index contributed by atoms with van der Waals surface area (Å²) in [5.74, 6) is 0. The summed E-state index contributed by atoms with van der Waals surface area (Å²) in [6.07, 6.45) is 0.921. The van der Waals surface area contributed by atoms with Gasteiger partial charge >= 0.3 is 7.82 Å². The Morgan fingerprint density at radius 2 is 1.23 bits per heavy atom. The maximum Gasteiger partial charge on any atom is 0.475 e. The van der Waals surface area contributed by atoms with Crippen molar-refractivity contribution in [2.45, 2.75) is 13.2 Å². The predicted octanol–water partition coefficient (Wildman–Crippen LogP) is 3.52. The van der Waals surface area contributed by atoms with Crippen LogP contribution in [0.1, 0.15) is 11.1 Å². The molecule has 0 radical (unpaired) electrons. The number of phosphoric ester groups is 1. The molecule has 2 aromatic rings. The Kier molecular flexibility index (Phi) is 7.96. The fourth-order valence-corrected chi connectivity index (χ4v) is 3.41. The minimum absolute atomic E-state index is 0.0276. The zero-order valence-electron chi connectivity index (χ0n) is 14.3. The Hall–Kier alpha value is -1.54. The molecule has 0 N–H and O–H groups in total. The van der Waals surface area contributed by atoms with Crippen molar-refractivity contribution in [3.8, 4) is 0 Å². The van der Waals surface area contributed by atoms with Gasteiger partial charge in [0.2, 0.25) is 0 Å². The van der Waals surface area contributed by atoms with E-state index in [1.54, 1.807) is 0 Å². The topological polar surface area (TPSA) is 88.1 Å². The Bertz CT molecular complexity index is 762. The first-order chi connectivity index (χ1) is 12.4. The van der Waals surface area contributed by atoms with Crippen LogP contribution in [0.15, 0.2) is 60.7 Å². The molecule has 0 heterocycles. The zero-order chi connectivity index (χ0) is 18.9. The average Bonchev–Trinajstić information content (AvgIpc) is 2.63. The van der Waals surface area contributed by atoms with Gasteiger partial charge in [-0.2, -0.15) is 8.42 Å². The zero-order valence-corrected chi connectivity index (χ0v) is 16.0. The molecule has 0 aliphatic carbocycles. The van der Waals surface area contributed by atoms with Gasteiger partial charge in [0.1, 0.15) is 0 Å². The van der Waals surface area contributed by atoms with Crippen molar-refractivity contribution in [2.75, 3.05) is 19.5 Å². The fraction of sp³-hybridized carbons (Fsp3) is 0.294. The van der Waals surface area contributed by atoms with Crippen LogP contribution in [0.25, 0.3) is 0 Å². The molecule has 26 heavy (non-hydrogen) atoms. The van der Waals surface area contributed by atoms with E-state index in [1.165, 1.54) is 0 Å². The van der Waals surface area contributed by atoms with Crippen molar-refractivity contribution >= 4 is 17.9 Å². The van der Waals surface area contributed by atoms with Crippen LogP contribution < -0.4 is 0 Å². The number of phosphoric acid groups is 1. The van der Waals surface area contributed by atoms with E-state index in [1.807, 2.05) is 60.7 Å². The van der Waals surface area contributed by atoms with Gasteiger partial charge in [0.05, 0.1) is 32.7 Å². The summed E-state index contributed by atoms with van der Waals surface area (Å²) in [7, 11) is -7.51. The van der Waals surface area contributed by atoms with Gasteiger partial charge < -0.3 is 0 Å². The lowest BCUT2D eigenvalue weighted by atomic mass is 10.2. The van der Waals surface area contributed by atoms with Crippen molar-refractivity contribution in [2.24, 2.45) is 0 Å². The van der Waals surface area contributed by atoms with Gasteiger partial charge in [-0.15, -0.1) is 0 Å². The van der Waals surface area contributed by atoms with Crippen molar-refractivity contribution < 1.29 is 30.7 Å². The summed E-state index contributed by atoms with van der Waals surface area (Å²) in [6, 6.07) is 18.3. The molecule has 9 heteroatoms. The summed E-state index contributed by atoms with van der Waals surface area (Å²) >= 11 is 0. The monoisotopic (exact) mass is 400 g/mol. The number of rotatable bonds is 11. The van der Waals surface area contributed by atoms with Gasteiger partial charge in [-0.25, -0.2) is 4.57 Å². The SMILES string of the molecule is CS(=O)(=O)OCCOP(=O)(OCc1ccccc1)OCc1ccccc1. The quantitative estimate of drug-likeness (QED) is 0.324. The highest BCUT2D eigenvalue weighted by Gasteiger charge is 2.27. The van der Waals surface area contributed by atoms with Gasteiger partial charge in [0.25, 0.3) is 10.1 Å². The minimum atomic E-state index is -3.91. The summed E-state index contributed by atoms with van der Waals surface area (Å²) in [6.45, 7) is -0.486. The second-order valence-electron chi connectivity index (χ2n) is 5.32. The second kappa shape index (κ2) is 9.97. The third-order valence-electron chi connectivity index (χ3n) is 3.09. The standard InChI is InChI=1S/C17H21O7PS/c1-26(19,20)24-13-12-21-25(18,22-14-16-8-4-2-5-9-16)23-15-17-10-6-3-7-11-17/h2-11H,12-15H2,1H3. The van der Waals surface area contributed by atoms with E-state index >= 15 is 0 Å². The van der Waals surface area contributed by atoms with E-state index in [-0.39, 0.29) is 26.4 Å². The van der Waals surface area contributed by atoms with E-state index in [4.69, 9.17) is 13.6 Å². The Balaban J connectivity index is 1.95. The summed E-state index contributed by atoms with van der Waals surface area (Å²) in [5, 5.41) is 0. The third-order valence-corrected chi connectivity index (χ3v) is 5.08. The summed E-state index contributed by atoms with van der Waals surface area (Å²) < 4.78 is 55.3. The first-order valence-corrected chi connectivity index (χ1v) is 11.1. The van der Waals surface area contributed by atoms with Crippen LogP contribution in [0, 0.1) is 0 Å². The molecule has 0 spiro atoms. The van der Waals surface area contributed by atoms with Gasteiger partial charge in [-0.1, -0.05) is 60.7 Å². The highest BCUT2D eigenvalue weighted by molar-refractivity contribution is 7.85. The minimum Gasteiger partial charge on any atom is -0.284 e. The van der Waals surface area contributed by atoms with Gasteiger partial charge in [-0.05, 0) is 11.1 Å². The van der Waals surface area contributed by atoms with Crippen molar-refractivity contribution in [1.29, 1.82) is 0 Å². The number of benzene rings is 2. The van der Waals surface area contributed by atoms with E-state index in [9.17, 15) is 13.0 Å². The van der Waals surface area contributed by atoms with Crippen molar-refractivity contribution in [3.05, 3.63) is 71.8 Å². The first kappa shape index (κ1) is 20.8. The normalized spacial score (nSPS) is 12.2. The lowest BCUT2D eigenvalue weighted by Crippen LogP contribution is -2.10. The van der Waals surface area contributed by atoms with Crippen LogP contribution in [0.2, 0.25) is 0 Å². The lowest BCUT2D eigenvalue weighted by molar-refractivity contribution is 0.0918. The third kappa shape index (κ3) is 8.23. The predicted molar refractivity (Wildman–Crippen MR) is 96.8 cm³/mol. The smallest absolute Gasteiger partial charge is 0.284 e. The van der Waals surface area contributed by atoms with Gasteiger partial charge in [0.15, 0.2) is 0 Å². The molecule has 0 unspecified atom stereocenters. The molecule has 7 nitrogen and oxygen atoms in total. The molecule has 0 aliphatic rings. The van der Waals surface area contributed by atoms with Crippen LogP contribution in [0.4, 0.5) is 0 Å². The van der Waals surface area contributed by atoms with E-state index in [2.05, 4.69) is 4.18 Å². The van der Waals surface area contributed by atoms with Crippen LogP contribution in [-0.4, -0.2) is 27.9 Å². The van der Waals surface area contributed by atoms with Gasteiger partial charge in [0, 0.05) is 0 Å². The molecule has 0 bridgehead atoms. The molecular weight excluding hydrogens is 379 g/mol. The maximum atomic E-state index is 12.8. The molecule has 2 rings (SSSR count). The molecule has 0 saturated carbocycles. The number of hydrogen-bond donors (Lipinski definition) is 0. The van der Waals surface area contributed by atoms with Crippen LogP contribution in [0.5, 0.6) is 0 Å². The van der Waals surface area contributed by atoms with Crippen molar-refractivity contribution in [1.82, 2.24) is 0 Å². The molecule has 0 saturated heterocycles. The van der Waals surface area contributed by atoms with Gasteiger partial charge in [-0.3, -0.25) is 17.8 Å². The fourth-order valence-electron chi connectivity index (χ4n) is 1.90. The van der Waals surface area contributed by atoms with Crippen molar-refractivity contribution in [3.63, 3.8) is 0 Å². The molecule has 2 aromatic carbocycles. The Labute approximate surface area is 153 Å². The number of hydrogen-bond acceptors (Lipinski definition) is 7. The maximum absolute atomic E-state index is 12.8.